The summed E-state index contributed by atoms with van der Waals surface area (Å²) in [6.45, 7) is 2.02. The van der Waals surface area contributed by atoms with E-state index in [-0.39, 0.29) is 11.8 Å². The second kappa shape index (κ2) is 8.85. The Morgan fingerprint density at radius 1 is 1.04 bits per heavy atom. The smallest absolute Gasteiger partial charge is 0.268 e. The lowest BCUT2D eigenvalue weighted by molar-refractivity contribution is -0.114. The topological polar surface area (TPSA) is 63.1 Å². The van der Waals surface area contributed by atoms with E-state index >= 15 is 0 Å². The van der Waals surface area contributed by atoms with Gasteiger partial charge in [-0.1, -0.05) is 18.2 Å². The average molecular weight is 473 g/mol. The molecule has 0 aliphatic heterocycles. The number of carbonyl (C=O) groups is 2. The predicted molar refractivity (Wildman–Crippen MR) is 115 cm³/mol. The molecule has 0 bridgehead atoms. The number of benzene rings is 2. The number of carbonyl (C=O) groups excluding carboxylic acids is 2. The average Bonchev–Trinajstić information content (AvgIpc) is 3.12. The van der Waals surface area contributed by atoms with Crippen molar-refractivity contribution < 1.29 is 9.59 Å². The molecule has 5 nitrogen and oxygen atoms in total. The molecule has 2 N–H and O–H groups in total. The summed E-state index contributed by atoms with van der Waals surface area (Å²) in [6, 6.07) is 19.3. The van der Waals surface area contributed by atoms with Crippen LogP contribution in [0.2, 0.25) is 0 Å². The van der Waals surface area contributed by atoms with E-state index in [4.69, 9.17) is 0 Å². The van der Waals surface area contributed by atoms with Crippen molar-refractivity contribution in [3.8, 4) is 5.69 Å². The second-order valence-electron chi connectivity index (χ2n) is 6.13. The number of amides is 2. The van der Waals surface area contributed by atoms with Gasteiger partial charge in [-0.05, 0) is 77.0 Å². The number of aromatic nitrogens is 1. The summed E-state index contributed by atoms with van der Waals surface area (Å²) in [5.74, 6) is -0.195. The molecule has 0 unspecified atom stereocenters. The molecule has 0 spiro atoms. The largest absolute Gasteiger partial charge is 0.350 e. The van der Waals surface area contributed by atoms with Crippen LogP contribution in [0.15, 0.2) is 66.9 Å². The zero-order valence-corrected chi connectivity index (χ0v) is 17.1. The monoisotopic (exact) mass is 473 g/mol. The van der Waals surface area contributed by atoms with Crippen LogP contribution in [0, 0.1) is 3.57 Å². The Labute approximate surface area is 171 Å². The van der Waals surface area contributed by atoms with Gasteiger partial charge in [-0.2, -0.15) is 0 Å². The number of nitrogens with one attached hydrogen (secondary N) is 2. The Bertz CT molecular complexity index is 948. The first-order valence-electron chi connectivity index (χ1n) is 8.61. The van der Waals surface area contributed by atoms with Gasteiger partial charge in [-0.25, -0.2) is 0 Å². The first-order chi connectivity index (χ1) is 13.0. The quantitative estimate of drug-likeness (QED) is 0.532. The third-order valence-electron chi connectivity index (χ3n) is 4.04. The van der Waals surface area contributed by atoms with Gasteiger partial charge in [0.15, 0.2) is 0 Å². The lowest BCUT2D eigenvalue weighted by Gasteiger charge is -2.10. The number of nitrogens with zero attached hydrogens (tertiary/aromatic N) is 1. The van der Waals surface area contributed by atoms with Crippen LogP contribution in [0.4, 0.5) is 5.69 Å². The fraction of sp³-hybridized carbons (Fsp3) is 0.143. The summed E-state index contributed by atoms with van der Waals surface area (Å²) < 4.78 is 3.01. The Morgan fingerprint density at radius 2 is 1.81 bits per heavy atom. The summed E-state index contributed by atoms with van der Waals surface area (Å²) in [5, 5.41) is 5.71. The highest BCUT2D eigenvalue weighted by Gasteiger charge is 2.11. The standard InChI is InChI=1S/C21H20IN3O2/c1-15(26)24-18-9-7-16(8-10-18)11-12-23-21(27)20-6-3-13-25(20)19-5-2-4-17(22)14-19/h2-10,13-14H,11-12H2,1H3,(H,23,27)(H,24,26). The van der Waals surface area contributed by atoms with Gasteiger partial charge in [-0.3, -0.25) is 9.59 Å². The Balaban J connectivity index is 1.59. The molecule has 0 atom stereocenters. The van der Waals surface area contributed by atoms with Crippen LogP contribution < -0.4 is 10.6 Å². The second-order valence-corrected chi connectivity index (χ2v) is 7.37. The molecule has 0 aliphatic rings. The normalized spacial score (nSPS) is 10.4. The SMILES string of the molecule is CC(=O)Nc1ccc(CCNC(=O)c2cccn2-c2cccc(I)c2)cc1. The molecule has 0 saturated carbocycles. The minimum Gasteiger partial charge on any atom is -0.350 e. The summed E-state index contributed by atoms with van der Waals surface area (Å²) in [4.78, 5) is 23.6. The maximum absolute atomic E-state index is 12.6. The number of hydrogen-bond acceptors (Lipinski definition) is 2. The Kier molecular flexibility index (Phi) is 6.28. The fourth-order valence-corrected chi connectivity index (χ4v) is 3.31. The van der Waals surface area contributed by atoms with Crippen molar-refractivity contribution in [1.29, 1.82) is 0 Å². The van der Waals surface area contributed by atoms with Crippen molar-refractivity contribution in [2.24, 2.45) is 0 Å². The number of rotatable bonds is 6. The molecule has 2 amide bonds. The van der Waals surface area contributed by atoms with E-state index in [1.54, 1.807) is 0 Å². The molecule has 0 radical (unpaired) electrons. The number of anilines is 1. The van der Waals surface area contributed by atoms with E-state index in [1.165, 1.54) is 6.92 Å². The highest BCUT2D eigenvalue weighted by Crippen LogP contribution is 2.16. The van der Waals surface area contributed by atoms with Gasteiger partial charge < -0.3 is 15.2 Å². The maximum atomic E-state index is 12.6. The van der Waals surface area contributed by atoms with Crippen molar-refractivity contribution >= 4 is 40.1 Å². The van der Waals surface area contributed by atoms with Crippen LogP contribution in [0.5, 0.6) is 0 Å². The van der Waals surface area contributed by atoms with E-state index in [0.29, 0.717) is 12.2 Å². The van der Waals surface area contributed by atoms with Crippen LogP contribution >= 0.6 is 22.6 Å². The molecule has 6 heteroatoms. The van der Waals surface area contributed by atoms with Crippen molar-refractivity contribution in [2.45, 2.75) is 13.3 Å². The minimum absolute atomic E-state index is 0.0916. The zero-order chi connectivity index (χ0) is 19.2. The first kappa shape index (κ1) is 19.2. The lowest BCUT2D eigenvalue weighted by atomic mass is 10.1. The first-order valence-corrected chi connectivity index (χ1v) is 9.69. The Morgan fingerprint density at radius 3 is 2.52 bits per heavy atom. The summed E-state index contributed by atoms with van der Waals surface area (Å²) in [6.07, 6.45) is 2.61. The molecule has 138 valence electrons. The van der Waals surface area contributed by atoms with Crippen LogP contribution in [0.3, 0.4) is 0 Å². The molecule has 1 aromatic heterocycles. The molecule has 0 saturated heterocycles. The molecular weight excluding hydrogens is 453 g/mol. The van der Waals surface area contributed by atoms with Gasteiger partial charge in [0.2, 0.25) is 5.91 Å². The molecular formula is C21H20IN3O2. The van der Waals surface area contributed by atoms with E-state index in [1.807, 2.05) is 71.4 Å². The molecule has 27 heavy (non-hydrogen) atoms. The highest BCUT2D eigenvalue weighted by molar-refractivity contribution is 14.1. The third-order valence-corrected chi connectivity index (χ3v) is 4.71. The molecule has 0 fully saturated rings. The summed E-state index contributed by atoms with van der Waals surface area (Å²) in [7, 11) is 0. The molecule has 2 aromatic carbocycles. The fourth-order valence-electron chi connectivity index (χ4n) is 2.79. The number of halogens is 1. The number of hydrogen-bond donors (Lipinski definition) is 2. The van der Waals surface area contributed by atoms with Gasteiger partial charge in [0.05, 0.1) is 0 Å². The predicted octanol–water partition coefficient (Wildman–Crippen LogP) is 4.01. The van der Waals surface area contributed by atoms with Crippen molar-refractivity contribution in [1.82, 2.24) is 9.88 Å². The van der Waals surface area contributed by atoms with E-state index in [0.717, 1.165) is 26.9 Å². The highest BCUT2D eigenvalue weighted by atomic mass is 127. The molecule has 1 heterocycles. The Hall–Kier alpha value is -2.61. The lowest BCUT2D eigenvalue weighted by Crippen LogP contribution is -2.27. The van der Waals surface area contributed by atoms with Crippen LogP contribution in [-0.2, 0) is 11.2 Å². The molecule has 3 aromatic rings. The van der Waals surface area contributed by atoms with Crippen molar-refractivity contribution in [3.05, 3.63) is 81.7 Å². The summed E-state index contributed by atoms with van der Waals surface area (Å²) in [5.41, 5.74) is 3.44. The van der Waals surface area contributed by atoms with Crippen LogP contribution in [0.1, 0.15) is 23.0 Å². The summed E-state index contributed by atoms with van der Waals surface area (Å²) >= 11 is 2.26. The van der Waals surface area contributed by atoms with Gasteiger partial charge in [0.25, 0.3) is 5.91 Å². The molecule has 3 rings (SSSR count). The van der Waals surface area contributed by atoms with Gasteiger partial charge in [-0.15, -0.1) is 0 Å². The third kappa shape index (κ3) is 5.19. The van der Waals surface area contributed by atoms with Crippen LogP contribution in [-0.4, -0.2) is 22.9 Å². The van der Waals surface area contributed by atoms with Gasteiger partial charge in [0.1, 0.15) is 5.69 Å². The van der Waals surface area contributed by atoms with Crippen molar-refractivity contribution in [3.63, 3.8) is 0 Å². The van der Waals surface area contributed by atoms with E-state index in [2.05, 4.69) is 33.2 Å². The minimum atomic E-state index is -0.103. The van der Waals surface area contributed by atoms with E-state index < -0.39 is 0 Å². The van der Waals surface area contributed by atoms with Gasteiger partial charge in [0, 0.05) is 34.6 Å². The zero-order valence-electron chi connectivity index (χ0n) is 14.9. The van der Waals surface area contributed by atoms with Gasteiger partial charge >= 0.3 is 0 Å². The van der Waals surface area contributed by atoms with Crippen LogP contribution in [0.25, 0.3) is 5.69 Å². The molecule has 0 aliphatic carbocycles. The maximum Gasteiger partial charge on any atom is 0.268 e. The van der Waals surface area contributed by atoms with E-state index in [9.17, 15) is 9.59 Å². The van der Waals surface area contributed by atoms with Crippen molar-refractivity contribution in [2.75, 3.05) is 11.9 Å².